The Morgan fingerprint density at radius 1 is 1.23 bits per heavy atom. The van der Waals surface area contributed by atoms with Crippen LogP contribution in [0.5, 0.6) is 5.75 Å². The van der Waals surface area contributed by atoms with E-state index >= 15 is 0 Å². The van der Waals surface area contributed by atoms with Crippen LogP contribution in [-0.2, 0) is 6.42 Å². The van der Waals surface area contributed by atoms with Crippen LogP contribution in [0, 0.1) is 18.3 Å². The van der Waals surface area contributed by atoms with Crippen molar-refractivity contribution in [3.63, 3.8) is 0 Å². The number of nitriles is 1. The summed E-state index contributed by atoms with van der Waals surface area (Å²) >= 11 is 1.62. The zero-order chi connectivity index (χ0) is 15.8. The minimum absolute atomic E-state index is 0.260. The lowest BCUT2D eigenvalue weighted by Gasteiger charge is -2.12. The molecule has 0 bridgehead atoms. The molecule has 0 spiro atoms. The van der Waals surface area contributed by atoms with Gasteiger partial charge in [-0.05, 0) is 36.8 Å². The number of aryl methyl sites for hydroxylation is 1. The monoisotopic (exact) mass is 313 g/mol. The summed E-state index contributed by atoms with van der Waals surface area (Å²) in [6.07, 6.45) is -0.125. The average molecular weight is 313 g/mol. The first-order valence-electron chi connectivity index (χ1n) is 7.13. The number of aliphatic hydroxyl groups is 1. The summed E-state index contributed by atoms with van der Waals surface area (Å²) in [6, 6.07) is 17.7. The minimum atomic E-state index is -0.524. The number of nitrogens with zero attached hydrogens (tertiary/aromatic N) is 1. The number of rotatable bonds is 7. The quantitative estimate of drug-likeness (QED) is 0.794. The number of thioether (sulfide) groups is 1. The van der Waals surface area contributed by atoms with E-state index in [2.05, 4.69) is 25.1 Å². The van der Waals surface area contributed by atoms with Crippen molar-refractivity contribution in [2.45, 2.75) is 24.3 Å². The highest BCUT2D eigenvalue weighted by Crippen LogP contribution is 2.20. The summed E-state index contributed by atoms with van der Waals surface area (Å²) in [6.45, 7) is 2.32. The summed E-state index contributed by atoms with van der Waals surface area (Å²) < 4.78 is 5.57. The molecule has 0 saturated heterocycles. The molecule has 2 aromatic carbocycles. The third-order valence-electron chi connectivity index (χ3n) is 3.08. The normalized spacial score (nSPS) is 11.7. The Morgan fingerprint density at radius 2 is 2.00 bits per heavy atom. The van der Waals surface area contributed by atoms with Crippen LogP contribution in [0.15, 0.2) is 53.4 Å². The molecule has 114 valence electrons. The zero-order valence-corrected chi connectivity index (χ0v) is 13.3. The summed E-state index contributed by atoms with van der Waals surface area (Å²) in [5, 5.41) is 18.6. The topological polar surface area (TPSA) is 53.2 Å². The lowest BCUT2D eigenvalue weighted by molar-refractivity contribution is 0.126. The average Bonchev–Trinajstić information content (AvgIpc) is 2.53. The lowest BCUT2D eigenvalue weighted by Crippen LogP contribution is -2.20. The second kappa shape index (κ2) is 8.47. The fourth-order valence-electron chi connectivity index (χ4n) is 1.93. The van der Waals surface area contributed by atoms with E-state index in [1.165, 1.54) is 5.56 Å². The Balaban J connectivity index is 1.75. The number of benzene rings is 2. The van der Waals surface area contributed by atoms with E-state index in [4.69, 9.17) is 10.00 Å². The molecule has 2 aromatic rings. The van der Waals surface area contributed by atoms with Gasteiger partial charge in [-0.3, -0.25) is 0 Å². The largest absolute Gasteiger partial charge is 0.491 e. The SMILES string of the molecule is Cc1cccc(SCC(O)COc2ccc(CC#N)cc2)c1. The van der Waals surface area contributed by atoms with E-state index < -0.39 is 6.10 Å². The maximum absolute atomic E-state index is 9.99. The summed E-state index contributed by atoms with van der Waals surface area (Å²) in [4.78, 5) is 1.15. The number of aliphatic hydroxyl groups excluding tert-OH is 1. The molecule has 0 fully saturated rings. The van der Waals surface area contributed by atoms with Crippen LogP contribution < -0.4 is 4.74 Å². The van der Waals surface area contributed by atoms with Crippen LogP contribution in [0.4, 0.5) is 0 Å². The fraction of sp³-hybridized carbons (Fsp3) is 0.278. The number of hydrogen-bond acceptors (Lipinski definition) is 4. The number of ether oxygens (including phenoxy) is 1. The smallest absolute Gasteiger partial charge is 0.119 e. The molecule has 1 unspecified atom stereocenters. The highest BCUT2D eigenvalue weighted by atomic mass is 32.2. The van der Waals surface area contributed by atoms with Crippen LogP contribution in [-0.4, -0.2) is 23.6 Å². The van der Waals surface area contributed by atoms with Gasteiger partial charge in [0.2, 0.25) is 0 Å². The molecule has 0 amide bonds. The standard InChI is InChI=1S/C18H19NO2S/c1-14-3-2-4-18(11-14)22-13-16(20)12-21-17-7-5-15(6-8-17)9-10-19/h2-8,11,16,20H,9,12-13H2,1H3. The van der Waals surface area contributed by atoms with Gasteiger partial charge in [-0.15, -0.1) is 11.8 Å². The molecule has 0 aliphatic rings. The third kappa shape index (κ3) is 5.44. The first-order valence-corrected chi connectivity index (χ1v) is 8.12. The second-order valence-electron chi connectivity index (χ2n) is 5.07. The van der Waals surface area contributed by atoms with Gasteiger partial charge in [-0.1, -0.05) is 29.8 Å². The Kier molecular flexibility index (Phi) is 6.32. The summed E-state index contributed by atoms with van der Waals surface area (Å²) in [5.41, 5.74) is 2.18. The van der Waals surface area contributed by atoms with Crippen molar-refractivity contribution in [1.82, 2.24) is 0 Å². The van der Waals surface area contributed by atoms with Crippen molar-refractivity contribution >= 4 is 11.8 Å². The van der Waals surface area contributed by atoms with Gasteiger partial charge < -0.3 is 9.84 Å². The fourth-order valence-corrected chi connectivity index (χ4v) is 2.86. The summed E-state index contributed by atoms with van der Waals surface area (Å²) in [5.74, 6) is 1.30. The molecule has 0 heterocycles. The molecule has 0 aromatic heterocycles. The van der Waals surface area contributed by atoms with Crippen molar-refractivity contribution < 1.29 is 9.84 Å². The molecule has 0 aliphatic carbocycles. The predicted molar refractivity (Wildman–Crippen MR) is 89.2 cm³/mol. The molecule has 0 radical (unpaired) electrons. The molecule has 1 N–H and O–H groups in total. The van der Waals surface area contributed by atoms with Gasteiger partial charge in [0.1, 0.15) is 12.4 Å². The van der Waals surface area contributed by atoms with Crippen molar-refractivity contribution in [3.05, 3.63) is 59.7 Å². The molecule has 0 saturated carbocycles. The molecule has 2 rings (SSSR count). The van der Waals surface area contributed by atoms with Crippen molar-refractivity contribution in [2.24, 2.45) is 0 Å². The maximum atomic E-state index is 9.99. The molecule has 3 nitrogen and oxygen atoms in total. The third-order valence-corrected chi connectivity index (χ3v) is 4.22. The Labute approximate surface area is 135 Å². The van der Waals surface area contributed by atoms with E-state index in [9.17, 15) is 5.11 Å². The van der Waals surface area contributed by atoms with E-state index in [1.54, 1.807) is 11.8 Å². The van der Waals surface area contributed by atoms with Crippen LogP contribution in [0.3, 0.4) is 0 Å². The first-order chi connectivity index (χ1) is 10.7. The van der Waals surface area contributed by atoms with E-state index in [-0.39, 0.29) is 6.61 Å². The van der Waals surface area contributed by atoms with E-state index in [1.807, 2.05) is 36.4 Å². The van der Waals surface area contributed by atoms with Crippen molar-refractivity contribution in [3.8, 4) is 11.8 Å². The van der Waals surface area contributed by atoms with Gasteiger partial charge in [-0.25, -0.2) is 0 Å². The van der Waals surface area contributed by atoms with Gasteiger partial charge in [-0.2, -0.15) is 5.26 Å². The number of hydrogen-bond donors (Lipinski definition) is 1. The molecule has 4 heteroatoms. The Bertz CT molecular complexity index is 634. The Hall–Kier alpha value is -1.96. The van der Waals surface area contributed by atoms with Crippen molar-refractivity contribution in [2.75, 3.05) is 12.4 Å². The van der Waals surface area contributed by atoms with Gasteiger partial charge >= 0.3 is 0 Å². The van der Waals surface area contributed by atoms with Crippen LogP contribution in [0.1, 0.15) is 11.1 Å². The maximum Gasteiger partial charge on any atom is 0.119 e. The molecule has 0 aliphatic heterocycles. The van der Waals surface area contributed by atoms with Crippen LogP contribution >= 0.6 is 11.8 Å². The highest BCUT2D eigenvalue weighted by molar-refractivity contribution is 7.99. The highest BCUT2D eigenvalue weighted by Gasteiger charge is 2.07. The van der Waals surface area contributed by atoms with Gasteiger partial charge in [0.15, 0.2) is 0 Å². The minimum Gasteiger partial charge on any atom is -0.491 e. The molecule has 22 heavy (non-hydrogen) atoms. The van der Waals surface area contributed by atoms with Gasteiger partial charge in [0.05, 0.1) is 18.6 Å². The molecule has 1 atom stereocenters. The van der Waals surface area contributed by atoms with Crippen LogP contribution in [0.2, 0.25) is 0 Å². The zero-order valence-electron chi connectivity index (χ0n) is 12.5. The van der Waals surface area contributed by atoms with E-state index in [0.29, 0.717) is 17.9 Å². The van der Waals surface area contributed by atoms with Crippen molar-refractivity contribution in [1.29, 1.82) is 5.26 Å². The predicted octanol–water partition coefficient (Wildman–Crippen LogP) is 3.59. The second-order valence-corrected chi connectivity index (χ2v) is 6.16. The van der Waals surface area contributed by atoms with Crippen LogP contribution in [0.25, 0.3) is 0 Å². The van der Waals surface area contributed by atoms with Gasteiger partial charge in [0, 0.05) is 10.6 Å². The summed E-state index contributed by atoms with van der Waals surface area (Å²) in [7, 11) is 0. The molecular weight excluding hydrogens is 294 g/mol. The lowest BCUT2D eigenvalue weighted by atomic mass is 10.2. The van der Waals surface area contributed by atoms with Gasteiger partial charge in [0.25, 0.3) is 0 Å². The van der Waals surface area contributed by atoms with E-state index in [0.717, 1.165) is 10.5 Å². The molecular formula is C18H19NO2S. The Morgan fingerprint density at radius 3 is 2.68 bits per heavy atom. The first kappa shape index (κ1) is 16.4.